The molecule has 0 radical (unpaired) electrons. The van der Waals surface area contributed by atoms with Gasteiger partial charge in [0.05, 0.1) is 0 Å². The van der Waals surface area contributed by atoms with Crippen LogP contribution in [0.15, 0.2) is 22.7 Å². The van der Waals surface area contributed by atoms with Crippen LogP contribution in [0.2, 0.25) is 5.02 Å². The van der Waals surface area contributed by atoms with Crippen molar-refractivity contribution in [1.82, 2.24) is 5.32 Å². The maximum atomic E-state index is 6.52. The smallest absolute Gasteiger partial charge is 0.0465 e. The van der Waals surface area contributed by atoms with Gasteiger partial charge in [-0.05, 0) is 55.3 Å². The van der Waals surface area contributed by atoms with Crippen molar-refractivity contribution in [3.05, 3.63) is 33.3 Å². The molecular weight excluding hydrogens is 346 g/mol. The Morgan fingerprint density at radius 2 is 2.14 bits per heavy atom. The lowest BCUT2D eigenvalue weighted by atomic mass is 9.75. The van der Waals surface area contributed by atoms with Gasteiger partial charge < -0.3 is 5.32 Å². The second-order valence-electron chi connectivity index (χ2n) is 6.30. The molecule has 3 unspecified atom stereocenters. The molecule has 0 amide bonds. The summed E-state index contributed by atoms with van der Waals surface area (Å²) >= 11 is 10.0. The van der Waals surface area contributed by atoms with Crippen LogP contribution in [0.4, 0.5) is 0 Å². The summed E-state index contributed by atoms with van der Waals surface area (Å²) in [5.74, 6) is 1.61. The van der Waals surface area contributed by atoms with Gasteiger partial charge >= 0.3 is 0 Å². The molecule has 1 aromatic carbocycles. The first-order valence-electron chi connectivity index (χ1n) is 8.34. The zero-order valence-electron chi connectivity index (χ0n) is 13.2. The maximum Gasteiger partial charge on any atom is 0.0465 e. The Hall–Kier alpha value is -0.0500. The normalized spacial score (nSPS) is 24.0. The van der Waals surface area contributed by atoms with Crippen LogP contribution in [0.5, 0.6) is 0 Å². The number of rotatable bonds is 6. The summed E-state index contributed by atoms with van der Waals surface area (Å²) in [5.41, 5.74) is 1.27. The Bertz CT molecular complexity index is 449. The Labute approximate surface area is 143 Å². The number of benzene rings is 1. The van der Waals surface area contributed by atoms with Gasteiger partial charge in [-0.15, -0.1) is 0 Å². The van der Waals surface area contributed by atoms with E-state index >= 15 is 0 Å². The minimum absolute atomic E-state index is 0.403. The highest BCUT2D eigenvalue weighted by Gasteiger charge is 2.29. The molecular formula is C18H27BrClN. The van der Waals surface area contributed by atoms with Gasteiger partial charge in [-0.2, -0.15) is 0 Å². The SMILES string of the molecule is CCCNC(c1ccc(Br)cc1Cl)C1CCCC(CC)C1. The van der Waals surface area contributed by atoms with E-state index in [9.17, 15) is 0 Å². The van der Waals surface area contributed by atoms with Crippen LogP contribution >= 0.6 is 27.5 Å². The molecule has 21 heavy (non-hydrogen) atoms. The molecule has 3 atom stereocenters. The lowest BCUT2D eigenvalue weighted by Crippen LogP contribution is -2.32. The minimum Gasteiger partial charge on any atom is -0.310 e. The molecule has 0 aromatic heterocycles. The second-order valence-corrected chi connectivity index (χ2v) is 7.62. The van der Waals surface area contributed by atoms with E-state index in [0.29, 0.717) is 12.0 Å². The van der Waals surface area contributed by atoms with Crippen molar-refractivity contribution in [2.24, 2.45) is 11.8 Å². The third-order valence-corrected chi connectivity index (χ3v) is 5.60. The van der Waals surface area contributed by atoms with Crippen molar-refractivity contribution in [3.63, 3.8) is 0 Å². The summed E-state index contributed by atoms with van der Waals surface area (Å²) in [5, 5.41) is 4.65. The highest BCUT2D eigenvalue weighted by Crippen LogP contribution is 2.40. The van der Waals surface area contributed by atoms with E-state index in [2.05, 4.69) is 47.2 Å². The first kappa shape index (κ1) is 17.3. The van der Waals surface area contributed by atoms with Crippen molar-refractivity contribution < 1.29 is 0 Å². The molecule has 1 nitrogen and oxygen atoms in total. The Morgan fingerprint density at radius 1 is 1.33 bits per heavy atom. The molecule has 1 aliphatic carbocycles. The number of hydrogen-bond donors (Lipinski definition) is 1. The fourth-order valence-electron chi connectivity index (χ4n) is 3.59. The molecule has 1 N–H and O–H groups in total. The standard InChI is InChI=1S/C18H27BrClN/c1-3-10-21-18(14-7-5-6-13(4-2)11-14)16-9-8-15(19)12-17(16)20/h8-9,12-14,18,21H,3-7,10-11H2,1-2H3. The van der Waals surface area contributed by atoms with Crippen LogP contribution in [0.3, 0.4) is 0 Å². The molecule has 0 heterocycles. The van der Waals surface area contributed by atoms with Crippen molar-refractivity contribution >= 4 is 27.5 Å². The molecule has 3 heteroatoms. The largest absolute Gasteiger partial charge is 0.310 e. The van der Waals surface area contributed by atoms with Crippen molar-refractivity contribution in [1.29, 1.82) is 0 Å². The fourth-order valence-corrected chi connectivity index (χ4v) is 4.38. The Kier molecular flexibility index (Phi) is 7.04. The zero-order chi connectivity index (χ0) is 15.2. The molecule has 0 spiro atoms. The van der Waals surface area contributed by atoms with Gasteiger partial charge in [0.1, 0.15) is 0 Å². The van der Waals surface area contributed by atoms with Gasteiger partial charge in [-0.1, -0.05) is 66.7 Å². The Balaban J connectivity index is 2.20. The monoisotopic (exact) mass is 371 g/mol. The molecule has 0 saturated heterocycles. The van der Waals surface area contributed by atoms with Crippen LogP contribution in [0.25, 0.3) is 0 Å². The molecule has 2 rings (SSSR count). The summed E-state index contributed by atoms with van der Waals surface area (Å²) in [6.45, 7) is 5.61. The van der Waals surface area contributed by atoms with Gasteiger partial charge in [0.25, 0.3) is 0 Å². The lowest BCUT2D eigenvalue weighted by Gasteiger charge is -2.35. The molecule has 0 bridgehead atoms. The summed E-state index contributed by atoms with van der Waals surface area (Å²) < 4.78 is 1.06. The molecule has 1 aliphatic rings. The number of halogens is 2. The summed E-state index contributed by atoms with van der Waals surface area (Å²) in [7, 11) is 0. The average molecular weight is 373 g/mol. The minimum atomic E-state index is 0.403. The first-order valence-corrected chi connectivity index (χ1v) is 9.51. The molecule has 118 valence electrons. The number of nitrogens with one attached hydrogen (secondary N) is 1. The van der Waals surface area contributed by atoms with Crippen LogP contribution in [-0.2, 0) is 0 Å². The first-order chi connectivity index (χ1) is 10.2. The molecule has 0 aliphatic heterocycles. The van der Waals surface area contributed by atoms with E-state index in [0.717, 1.165) is 28.4 Å². The van der Waals surface area contributed by atoms with Crippen LogP contribution in [0, 0.1) is 11.8 Å². The van der Waals surface area contributed by atoms with E-state index in [1.54, 1.807) is 0 Å². The zero-order valence-corrected chi connectivity index (χ0v) is 15.5. The average Bonchev–Trinajstić information content (AvgIpc) is 2.49. The quantitative estimate of drug-likeness (QED) is 0.612. The van der Waals surface area contributed by atoms with E-state index in [4.69, 9.17) is 11.6 Å². The fraction of sp³-hybridized carbons (Fsp3) is 0.667. The van der Waals surface area contributed by atoms with Gasteiger partial charge in [-0.25, -0.2) is 0 Å². The highest BCUT2D eigenvalue weighted by molar-refractivity contribution is 9.10. The van der Waals surface area contributed by atoms with E-state index in [1.165, 1.54) is 37.7 Å². The van der Waals surface area contributed by atoms with Crippen molar-refractivity contribution in [2.45, 2.75) is 58.4 Å². The van der Waals surface area contributed by atoms with E-state index < -0.39 is 0 Å². The summed E-state index contributed by atoms with van der Waals surface area (Å²) in [4.78, 5) is 0. The van der Waals surface area contributed by atoms with Crippen molar-refractivity contribution in [3.8, 4) is 0 Å². The van der Waals surface area contributed by atoms with Crippen LogP contribution < -0.4 is 5.32 Å². The van der Waals surface area contributed by atoms with E-state index in [1.807, 2.05) is 6.07 Å². The van der Waals surface area contributed by atoms with Crippen LogP contribution in [-0.4, -0.2) is 6.54 Å². The predicted octanol–water partition coefficient (Wildman–Crippen LogP) is 6.36. The molecule has 1 saturated carbocycles. The number of hydrogen-bond acceptors (Lipinski definition) is 1. The van der Waals surface area contributed by atoms with Gasteiger partial charge in [0.2, 0.25) is 0 Å². The summed E-state index contributed by atoms with van der Waals surface area (Å²) in [6, 6.07) is 6.73. The second kappa shape index (κ2) is 8.55. The van der Waals surface area contributed by atoms with Crippen molar-refractivity contribution in [2.75, 3.05) is 6.54 Å². The molecule has 1 fully saturated rings. The third-order valence-electron chi connectivity index (χ3n) is 4.78. The highest BCUT2D eigenvalue weighted by atomic mass is 79.9. The van der Waals surface area contributed by atoms with Crippen LogP contribution in [0.1, 0.15) is 64.0 Å². The van der Waals surface area contributed by atoms with Gasteiger partial charge in [0, 0.05) is 15.5 Å². The topological polar surface area (TPSA) is 12.0 Å². The van der Waals surface area contributed by atoms with Gasteiger partial charge in [0.15, 0.2) is 0 Å². The Morgan fingerprint density at radius 3 is 2.81 bits per heavy atom. The lowest BCUT2D eigenvalue weighted by molar-refractivity contribution is 0.209. The summed E-state index contributed by atoms with van der Waals surface area (Å²) in [6.07, 6.45) is 7.90. The third kappa shape index (κ3) is 4.71. The van der Waals surface area contributed by atoms with E-state index in [-0.39, 0.29) is 0 Å². The predicted molar refractivity (Wildman–Crippen MR) is 95.9 cm³/mol. The molecule has 1 aromatic rings. The maximum absolute atomic E-state index is 6.52. The van der Waals surface area contributed by atoms with Gasteiger partial charge in [-0.3, -0.25) is 0 Å².